The van der Waals surface area contributed by atoms with E-state index in [0.717, 1.165) is 119 Å². The van der Waals surface area contributed by atoms with Crippen molar-refractivity contribution in [1.82, 2.24) is 24.3 Å². The molecule has 3 heterocycles. The normalized spacial score (nSPS) is 16.2. The first-order valence-electron chi connectivity index (χ1n) is 24.7. The van der Waals surface area contributed by atoms with Crippen LogP contribution in [0.3, 0.4) is 0 Å². The molecule has 67 heavy (non-hydrogen) atoms. The van der Waals surface area contributed by atoms with Crippen LogP contribution in [0, 0.1) is 5.92 Å². The summed E-state index contributed by atoms with van der Waals surface area (Å²) in [5, 5.41) is 22.8. The van der Waals surface area contributed by atoms with Gasteiger partial charge in [0.1, 0.15) is 5.60 Å². The van der Waals surface area contributed by atoms with E-state index in [0.29, 0.717) is 6.04 Å². The van der Waals surface area contributed by atoms with E-state index in [1.165, 1.54) is 16.7 Å². The van der Waals surface area contributed by atoms with Gasteiger partial charge in [-0.05, 0) is 115 Å². The topological polar surface area (TPSA) is 88.0 Å². The van der Waals surface area contributed by atoms with E-state index >= 15 is 0 Å². The van der Waals surface area contributed by atoms with E-state index in [9.17, 15) is 15.0 Å². The molecule has 0 radical (unpaired) electrons. The number of nitrogens with zero attached hydrogens (tertiary/aromatic N) is 4. The third-order valence-corrected chi connectivity index (χ3v) is 14.3. The number of H-pyrrole nitrogens is 1. The minimum absolute atomic E-state index is 0.00965. The van der Waals surface area contributed by atoms with Crippen molar-refractivity contribution in [2.75, 3.05) is 52.4 Å². The molecular weight excluding hydrogens is 827 g/mol. The number of piperidine rings is 1. The second-order valence-corrected chi connectivity index (χ2v) is 19.7. The number of aryl methyl sites for hydroxylation is 1. The zero-order chi connectivity index (χ0) is 46.6. The van der Waals surface area contributed by atoms with Crippen molar-refractivity contribution >= 4 is 11.0 Å². The van der Waals surface area contributed by atoms with E-state index < -0.39 is 11.7 Å². The van der Waals surface area contributed by atoms with Crippen LogP contribution < -0.4 is 5.69 Å². The Morgan fingerprint density at radius 3 is 1.60 bits per heavy atom. The Kier molecular flexibility index (Phi) is 16.0. The van der Waals surface area contributed by atoms with E-state index in [4.69, 9.17) is 0 Å². The summed E-state index contributed by atoms with van der Waals surface area (Å²) < 4.78 is 1.87. The summed E-state index contributed by atoms with van der Waals surface area (Å²) in [6.07, 6.45) is 4.21. The Labute approximate surface area is 398 Å². The van der Waals surface area contributed by atoms with Crippen LogP contribution >= 0.6 is 0 Å². The number of imidazole rings is 1. The highest BCUT2D eigenvalue weighted by atomic mass is 16.3. The van der Waals surface area contributed by atoms with Gasteiger partial charge in [-0.2, -0.15) is 0 Å². The van der Waals surface area contributed by atoms with Gasteiger partial charge >= 0.3 is 5.69 Å². The maximum Gasteiger partial charge on any atom is 0.326 e. The Balaban J connectivity index is 0.000000182. The lowest BCUT2D eigenvalue weighted by Crippen LogP contribution is -2.48. The van der Waals surface area contributed by atoms with Crippen molar-refractivity contribution in [3.63, 3.8) is 0 Å². The van der Waals surface area contributed by atoms with Crippen LogP contribution in [0.5, 0.6) is 0 Å². The molecule has 0 spiro atoms. The Bertz CT molecular complexity index is 2510. The van der Waals surface area contributed by atoms with Crippen molar-refractivity contribution in [3.8, 4) is 0 Å². The van der Waals surface area contributed by atoms with Crippen molar-refractivity contribution in [2.24, 2.45) is 5.92 Å². The first-order chi connectivity index (χ1) is 32.6. The van der Waals surface area contributed by atoms with Gasteiger partial charge in [0.15, 0.2) is 0 Å². The molecule has 2 fully saturated rings. The molecule has 1 aromatic heterocycles. The molecule has 2 aliphatic heterocycles. The molecule has 1 unspecified atom stereocenters. The summed E-state index contributed by atoms with van der Waals surface area (Å²) in [7, 11) is 0. The maximum absolute atomic E-state index is 12.3. The number of rotatable bonds is 15. The summed E-state index contributed by atoms with van der Waals surface area (Å²) >= 11 is 0. The van der Waals surface area contributed by atoms with Crippen LogP contribution in [0.4, 0.5) is 0 Å². The summed E-state index contributed by atoms with van der Waals surface area (Å²) in [5.74, 6) is 0.176. The molecule has 7 aromatic rings. The van der Waals surface area contributed by atoms with Gasteiger partial charge in [-0.3, -0.25) is 9.47 Å². The molecule has 0 amide bonds. The lowest BCUT2D eigenvalue weighted by Gasteiger charge is -2.42. The third kappa shape index (κ3) is 11.9. The fourth-order valence-electron chi connectivity index (χ4n) is 10.4. The average Bonchev–Trinajstić information content (AvgIpc) is 3.69. The van der Waals surface area contributed by atoms with Gasteiger partial charge in [0.2, 0.25) is 0 Å². The molecule has 3 N–H and O–H groups in total. The largest absolute Gasteiger partial charge is 0.388 e. The molecule has 2 saturated heterocycles. The van der Waals surface area contributed by atoms with Crippen LogP contribution in [0.15, 0.2) is 175 Å². The van der Waals surface area contributed by atoms with Gasteiger partial charge in [-0.1, -0.05) is 178 Å². The number of hydrogen-bond donors (Lipinski definition) is 3. The fraction of sp³-hybridized carbons (Fsp3) is 0.373. The first-order valence-corrected chi connectivity index (χ1v) is 24.7. The number of benzene rings is 6. The number of piperazine rings is 1. The minimum atomic E-state index is -0.968. The highest BCUT2D eigenvalue weighted by Crippen LogP contribution is 2.42. The van der Waals surface area contributed by atoms with Crippen LogP contribution in [0.2, 0.25) is 0 Å². The average molecular weight is 898 g/mol. The first kappa shape index (κ1) is 47.9. The highest BCUT2D eigenvalue weighted by molar-refractivity contribution is 5.74. The van der Waals surface area contributed by atoms with Gasteiger partial charge in [0, 0.05) is 32.7 Å². The summed E-state index contributed by atoms with van der Waals surface area (Å²) in [4.78, 5) is 22.9. The molecule has 0 saturated carbocycles. The van der Waals surface area contributed by atoms with Crippen LogP contribution in [0.1, 0.15) is 98.4 Å². The lowest BCUT2D eigenvalue weighted by molar-refractivity contribution is -0.0146. The lowest BCUT2D eigenvalue weighted by atomic mass is 9.72. The number of fused-ring (bicyclic) bond motifs is 1. The number of aliphatic hydroxyl groups is 2. The smallest absolute Gasteiger partial charge is 0.326 e. The van der Waals surface area contributed by atoms with Gasteiger partial charge in [0.25, 0.3) is 0 Å². The Hall–Kier alpha value is -5.61. The second-order valence-electron chi connectivity index (χ2n) is 19.7. The van der Waals surface area contributed by atoms with Crippen LogP contribution in [-0.4, -0.2) is 86.8 Å². The summed E-state index contributed by atoms with van der Waals surface area (Å²) in [5.41, 5.74) is 8.02. The molecule has 6 aromatic carbocycles. The van der Waals surface area contributed by atoms with Crippen molar-refractivity contribution in [1.29, 1.82) is 0 Å². The minimum Gasteiger partial charge on any atom is -0.388 e. The van der Waals surface area contributed by atoms with Gasteiger partial charge in [-0.25, -0.2) is 4.79 Å². The van der Waals surface area contributed by atoms with E-state index in [1.807, 2.05) is 65.2 Å². The second kappa shape index (κ2) is 22.5. The number of para-hydroxylation sites is 2. The molecule has 8 heteroatoms. The van der Waals surface area contributed by atoms with Gasteiger partial charge < -0.3 is 25.0 Å². The summed E-state index contributed by atoms with van der Waals surface area (Å²) in [6.45, 7) is 15.5. The third-order valence-electron chi connectivity index (χ3n) is 14.3. The van der Waals surface area contributed by atoms with Crippen molar-refractivity contribution in [2.45, 2.75) is 82.6 Å². The predicted octanol–water partition coefficient (Wildman–Crippen LogP) is 10.6. The monoisotopic (exact) mass is 898 g/mol. The molecule has 0 bridgehead atoms. The van der Waals surface area contributed by atoms with E-state index in [2.05, 4.69) is 150 Å². The maximum atomic E-state index is 12.3. The van der Waals surface area contributed by atoms with Crippen LogP contribution in [-0.2, 0) is 17.6 Å². The number of aromatic amines is 1. The molecule has 2 aliphatic rings. The molecule has 350 valence electrons. The van der Waals surface area contributed by atoms with Gasteiger partial charge in [0.05, 0.1) is 23.2 Å². The van der Waals surface area contributed by atoms with E-state index in [-0.39, 0.29) is 17.0 Å². The molecule has 9 rings (SSSR count). The zero-order valence-electron chi connectivity index (χ0n) is 39.9. The van der Waals surface area contributed by atoms with Gasteiger partial charge in [-0.15, -0.1) is 0 Å². The van der Waals surface area contributed by atoms with Crippen molar-refractivity contribution < 1.29 is 10.2 Å². The molecule has 0 aliphatic carbocycles. The molecular formula is C59H71N5O3. The standard InChI is InChI=1S/C32H41NO2.C27H30N4O/c1-31(2,3)26-18-16-25(17-19-26)30(34)15-10-22-33-23-20-29(21-24-33)32(35,27-11-6-4-7-12-27)28-13-8-5-9-14-28;32-27-28-24-14-7-8-15-25(24)31(27)17-9-16-29-18-20-30(21-19-29)26(22-10-3-1-4-11-22)23-12-5-2-6-13-23/h4-9,11-14,16-19,29-30,34-35H,10,15,20-24H2,1-3H3;1-8,10-15,26H,9,16-21H2,(H,28,32). The summed E-state index contributed by atoms with van der Waals surface area (Å²) in [6, 6.07) is 58.6. The van der Waals surface area contributed by atoms with Crippen molar-refractivity contribution in [3.05, 3.63) is 214 Å². The Morgan fingerprint density at radius 2 is 1.04 bits per heavy atom. The van der Waals surface area contributed by atoms with E-state index in [1.54, 1.807) is 0 Å². The highest BCUT2D eigenvalue weighted by Gasteiger charge is 2.41. The fourth-order valence-corrected chi connectivity index (χ4v) is 10.4. The Morgan fingerprint density at radius 1 is 0.552 bits per heavy atom. The van der Waals surface area contributed by atoms with Crippen LogP contribution in [0.25, 0.3) is 11.0 Å². The number of aromatic nitrogens is 2. The zero-order valence-corrected chi connectivity index (χ0v) is 39.9. The molecule has 8 nitrogen and oxygen atoms in total. The predicted molar refractivity (Wildman–Crippen MR) is 274 cm³/mol. The SMILES string of the molecule is CC(C)(C)c1ccc(C(O)CCCN2CCC(C(O)(c3ccccc3)c3ccccc3)CC2)cc1.O=c1[nH]c2ccccc2n1CCCN1CCN(C(c2ccccc2)c2ccccc2)CC1. The number of aliphatic hydroxyl groups excluding tert-OH is 1. The number of likely N-dealkylation sites (tertiary alicyclic amines) is 1. The molecule has 1 atom stereocenters. The number of hydrogen-bond acceptors (Lipinski definition) is 6. The number of nitrogens with one attached hydrogen (secondary N) is 1. The quantitative estimate of drug-likeness (QED) is 0.0950.